The minimum Gasteiger partial charge on any atom is -0.397 e. The lowest BCUT2D eigenvalue weighted by Gasteiger charge is -2.19. The summed E-state index contributed by atoms with van der Waals surface area (Å²) >= 11 is 5.10. The van der Waals surface area contributed by atoms with Gasteiger partial charge >= 0.3 is 0 Å². The number of nitrogens with two attached hydrogens (primary N) is 1. The molecule has 2 N–H and O–H groups in total. The summed E-state index contributed by atoms with van der Waals surface area (Å²) in [4.78, 5) is 2.09. The molecule has 2 aromatic rings. The predicted octanol–water partition coefficient (Wildman–Crippen LogP) is 3.86. The van der Waals surface area contributed by atoms with Gasteiger partial charge in [-0.05, 0) is 35.7 Å². The molecule has 1 aromatic heterocycles. The van der Waals surface area contributed by atoms with Crippen LogP contribution in [0.3, 0.4) is 0 Å². The summed E-state index contributed by atoms with van der Waals surface area (Å²) in [5.41, 5.74) is 7.77. The van der Waals surface area contributed by atoms with Crippen molar-refractivity contribution < 1.29 is 0 Å². The summed E-state index contributed by atoms with van der Waals surface area (Å²) in [6, 6.07) is 10.0. The quantitative estimate of drug-likeness (QED) is 0.848. The monoisotopic (exact) mass is 282 g/mol. The van der Waals surface area contributed by atoms with Gasteiger partial charge in [0, 0.05) is 11.5 Å². The SMILES string of the molecule is CN(c1cccs1)c1ccc(Br)cc1N. The average molecular weight is 283 g/mol. The minimum atomic E-state index is 0.778. The van der Waals surface area contributed by atoms with Gasteiger partial charge in [-0.15, -0.1) is 11.3 Å². The summed E-state index contributed by atoms with van der Waals surface area (Å²) < 4.78 is 1.00. The zero-order valence-corrected chi connectivity index (χ0v) is 10.7. The van der Waals surface area contributed by atoms with Gasteiger partial charge in [0.05, 0.1) is 16.4 Å². The summed E-state index contributed by atoms with van der Waals surface area (Å²) in [7, 11) is 2.02. The van der Waals surface area contributed by atoms with Crippen molar-refractivity contribution in [3.63, 3.8) is 0 Å². The Hall–Kier alpha value is -1.00. The molecule has 0 unspecified atom stereocenters. The smallest absolute Gasteiger partial charge is 0.0951 e. The van der Waals surface area contributed by atoms with Crippen LogP contribution in [0.5, 0.6) is 0 Å². The highest BCUT2D eigenvalue weighted by atomic mass is 79.9. The van der Waals surface area contributed by atoms with Gasteiger partial charge in [0.25, 0.3) is 0 Å². The molecule has 2 rings (SSSR count). The van der Waals surface area contributed by atoms with E-state index in [0.29, 0.717) is 0 Å². The Morgan fingerprint density at radius 2 is 2.13 bits per heavy atom. The molecule has 0 bridgehead atoms. The Bertz CT molecular complexity index is 454. The Kier molecular flexibility index (Phi) is 2.98. The van der Waals surface area contributed by atoms with Crippen LogP contribution in [0.1, 0.15) is 0 Å². The van der Waals surface area contributed by atoms with Crippen LogP contribution in [0.25, 0.3) is 0 Å². The van der Waals surface area contributed by atoms with Crippen molar-refractivity contribution in [3.05, 3.63) is 40.2 Å². The molecule has 78 valence electrons. The maximum absolute atomic E-state index is 5.96. The number of hydrogen-bond acceptors (Lipinski definition) is 3. The second-order valence-electron chi connectivity index (χ2n) is 3.21. The van der Waals surface area contributed by atoms with Crippen LogP contribution in [0.4, 0.5) is 16.4 Å². The second kappa shape index (κ2) is 4.24. The van der Waals surface area contributed by atoms with E-state index in [1.165, 1.54) is 5.00 Å². The van der Waals surface area contributed by atoms with E-state index in [4.69, 9.17) is 5.73 Å². The van der Waals surface area contributed by atoms with E-state index in [-0.39, 0.29) is 0 Å². The molecule has 0 aliphatic carbocycles. The molecule has 0 saturated carbocycles. The molecule has 0 aliphatic rings. The van der Waals surface area contributed by atoms with E-state index < -0.39 is 0 Å². The fourth-order valence-corrected chi connectivity index (χ4v) is 2.50. The van der Waals surface area contributed by atoms with Crippen molar-refractivity contribution in [2.45, 2.75) is 0 Å². The maximum atomic E-state index is 5.96. The first-order valence-corrected chi connectivity index (χ1v) is 6.18. The number of halogens is 1. The van der Waals surface area contributed by atoms with Crippen LogP contribution in [0.15, 0.2) is 40.2 Å². The first-order chi connectivity index (χ1) is 7.18. The van der Waals surface area contributed by atoms with Crippen molar-refractivity contribution in [2.75, 3.05) is 17.7 Å². The third-order valence-corrected chi connectivity index (χ3v) is 3.63. The van der Waals surface area contributed by atoms with Gasteiger partial charge in [-0.25, -0.2) is 0 Å². The van der Waals surface area contributed by atoms with E-state index >= 15 is 0 Å². The Morgan fingerprint density at radius 1 is 1.33 bits per heavy atom. The molecule has 1 heterocycles. The molecule has 4 heteroatoms. The summed E-state index contributed by atoms with van der Waals surface area (Å²) in [6.07, 6.45) is 0. The number of thiophene rings is 1. The maximum Gasteiger partial charge on any atom is 0.0951 e. The largest absolute Gasteiger partial charge is 0.397 e. The van der Waals surface area contributed by atoms with E-state index in [0.717, 1.165) is 15.8 Å². The fourth-order valence-electron chi connectivity index (χ4n) is 1.41. The van der Waals surface area contributed by atoms with Crippen molar-refractivity contribution in [2.24, 2.45) is 0 Å². The van der Waals surface area contributed by atoms with Crippen LogP contribution in [0, 0.1) is 0 Å². The molecule has 15 heavy (non-hydrogen) atoms. The Labute approximate surface area is 101 Å². The predicted molar refractivity (Wildman–Crippen MR) is 70.9 cm³/mol. The summed E-state index contributed by atoms with van der Waals surface area (Å²) in [5.74, 6) is 0. The highest BCUT2D eigenvalue weighted by Crippen LogP contribution is 2.33. The molecular weight excluding hydrogens is 272 g/mol. The number of benzene rings is 1. The number of hydrogen-bond donors (Lipinski definition) is 1. The van der Waals surface area contributed by atoms with Crippen molar-refractivity contribution >= 4 is 43.6 Å². The molecule has 0 amide bonds. The molecule has 0 atom stereocenters. The average Bonchev–Trinajstić information content (AvgIpc) is 2.69. The molecule has 0 aliphatic heterocycles. The van der Waals surface area contributed by atoms with E-state index in [9.17, 15) is 0 Å². The minimum absolute atomic E-state index is 0.778. The molecule has 0 spiro atoms. The second-order valence-corrected chi connectivity index (χ2v) is 5.06. The van der Waals surface area contributed by atoms with Crippen molar-refractivity contribution in [1.82, 2.24) is 0 Å². The molecule has 2 nitrogen and oxygen atoms in total. The first-order valence-electron chi connectivity index (χ1n) is 4.51. The Balaban J connectivity index is 2.38. The van der Waals surface area contributed by atoms with Gasteiger partial charge in [-0.2, -0.15) is 0 Å². The van der Waals surface area contributed by atoms with Crippen LogP contribution < -0.4 is 10.6 Å². The summed E-state index contributed by atoms with van der Waals surface area (Å²) in [6.45, 7) is 0. The lowest BCUT2D eigenvalue weighted by atomic mass is 10.2. The lowest BCUT2D eigenvalue weighted by Crippen LogP contribution is -2.09. The molecule has 0 radical (unpaired) electrons. The number of nitrogen functional groups attached to an aromatic ring is 1. The molecular formula is C11H11BrN2S. The van der Waals surface area contributed by atoms with E-state index in [2.05, 4.69) is 32.3 Å². The van der Waals surface area contributed by atoms with Gasteiger partial charge in [-0.1, -0.05) is 15.9 Å². The van der Waals surface area contributed by atoms with E-state index in [1.807, 2.05) is 31.3 Å². The van der Waals surface area contributed by atoms with Crippen molar-refractivity contribution in [1.29, 1.82) is 0 Å². The zero-order valence-electron chi connectivity index (χ0n) is 8.27. The van der Waals surface area contributed by atoms with Gasteiger partial charge in [0.1, 0.15) is 0 Å². The van der Waals surface area contributed by atoms with Crippen LogP contribution >= 0.6 is 27.3 Å². The molecule has 1 aromatic carbocycles. The normalized spacial score (nSPS) is 10.3. The van der Waals surface area contributed by atoms with Gasteiger partial charge in [0.15, 0.2) is 0 Å². The van der Waals surface area contributed by atoms with Gasteiger partial charge in [-0.3, -0.25) is 0 Å². The van der Waals surface area contributed by atoms with Crippen molar-refractivity contribution in [3.8, 4) is 0 Å². The summed E-state index contributed by atoms with van der Waals surface area (Å²) in [5, 5.41) is 3.24. The van der Waals surface area contributed by atoms with Gasteiger partial charge < -0.3 is 10.6 Å². The standard InChI is InChI=1S/C11H11BrN2S/c1-14(11-3-2-6-15-11)10-5-4-8(12)7-9(10)13/h2-7H,13H2,1H3. The Morgan fingerprint density at radius 3 is 2.73 bits per heavy atom. The molecule has 0 fully saturated rings. The third kappa shape index (κ3) is 2.16. The third-order valence-electron chi connectivity index (χ3n) is 2.19. The van der Waals surface area contributed by atoms with Crippen LogP contribution in [-0.4, -0.2) is 7.05 Å². The van der Waals surface area contributed by atoms with Crippen LogP contribution in [0.2, 0.25) is 0 Å². The number of rotatable bonds is 2. The first kappa shape index (κ1) is 10.5. The number of nitrogens with zero attached hydrogens (tertiary/aromatic N) is 1. The fraction of sp³-hybridized carbons (Fsp3) is 0.0909. The highest BCUT2D eigenvalue weighted by molar-refractivity contribution is 9.10. The molecule has 0 saturated heterocycles. The lowest BCUT2D eigenvalue weighted by molar-refractivity contribution is 1.24. The topological polar surface area (TPSA) is 29.3 Å². The van der Waals surface area contributed by atoms with Gasteiger partial charge in [0.2, 0.25) is 0 Å². The number of anilines is 3. The van der Waals surface area contributed by atoms with Crippen LogP contribution in [-0.2, 0) is 0 Å². The highest BCUT2D eigenvalue weighted by Gasteiger charge is 2.08. The zero-order chi connectivity index (χ0) is 10.8. The van der Waals surface area contributed by atoms with E-state index in [1.54, 1.807) is 11.3 Å².